The van der Waals surface area contributed by atoms with Gasteiger partial charge in [0.05, 0.1) is 29.9 Å². The SMILES string of the molecule is CC(CN1C(=O)c2ccccc2C1=O)OC1CCCC1. The molecule has 0 saturated heterocycles. The van der Waals surface area contributed by atoms with Crippen LogP contribution in [0.3, 0.4) is 0 Å². The molecule has 0 N–H and O–H groups in total. The number of nitrogens with zero attached hydrogens (tertiary/aromatic N) is 1. The van der Waals surface area contributed by atoms with Crippen LogP contribution in [0.4, 0.5) is 0 Å². The fourth-order valence-corrected chi connectivity index (χ4v) is 3.06. The summed E-state index contributed by atoms with van der Waals surface area (Å²) in [6.07, 6.45) is 4.79. The molecule has 20 heavy (non-hydrogen) atoms. The summed E-state index contributed by atoms with van der Waals surface area (Å²) in [5.41, 5.74) is 1.01. The quantitative estimate of drug-likeness (QED) is 0.792. The maximum Gasteiger partial charge on any atom is 0.261 e. The van der Waals surface area contributed by atoms with E-state index >= 15 is 0 Å². The van der Waals surface area contributed by atoms with Gasteiger partial charge >= 0.3 is 0 Å². The van der Waals surface area contributed by atoms with Crippen LogP contribution < -0.4 is 0 Å². The maximum atomic E-state index is 12.2. The number of ether oxygens (including phenoxy) is 1. The molecule has 2 aliphatic rings. The molecule has 4 nitrogen and oxygen atoms in total. The van der Waals surface area contributed by atoms with E-state index in [-0.39, 0.29) is 17.9 Å². The third kappa shape index (κ3) is 2.36. The Bertz CT molecular complexity index is 499. The van der Waals surface area contributed by atoms with Crippen LogP contribution in [0, 0.1) is 0 Å². The number of hydrogen-bond acceptors (Lipinski definition) is 3. The molecule has 1 saturated carbocycles. The molecule has 1 heterocycles. The Balaban J connectivity index is 1.66. The van der Waals surface area contributed by atoms with Gasteiger partial charge in [-0.25, -0.2) is 0 Å². The highest BCUT2D eigenvalue weighted by atomic mass is 16.5. The van der Waals surface area contributed by atoms with Gasteiger partial charge in [-0.15, -0.1) is 0 Å². The van der Waals surface area contributed by atoms with Crippen molar-refractivity contribution in [2.45, 2.75) is 44.8 Å². The van der Waals surface area contributed by atoms with Gasteiger partial charge < -0.3 is 4.74 Å². The molecule has 1 aliphatic carbocycles. The lowest BCUT2D eigenvalue weighted by Crippen LogP contribution is -2.37. The van der Waals surface area contributed by atoms with Crippen molar-refractivity contribution >= 4 is 11.8 Å². The van der Waals surface area contributed by atoms with Gasteiger partial charge in [0.1, 0.15) is 0 Å². The van der Waals surface area contributed by atoms with Gasteiger partial charge in [-0.1, -0.05) is 25.0 Å². The van der Waals surface area contributed by atoms with E-state index in [4.69, 9.17) is 4.74 Å². The van der Waals surface area contributed by atoms with Crippen LogP contribution in [-0.4, -0.2) is 35.5 Å². The number of imide groups is 1. The first-order valence-corrected chi connectivity index (χ1v) is 7.27. The van der Waals surface area contributed by atoms with Crippen LogP contribution in [0.25, 0.3) is 0 Å². The van der Waals surface area contributed by atoms with E-state index in [2.05, 4.69) is 0 Å². The zero-order valence-corrected chi connectivity index (χ0v) is 11.7. The number of rotatable bonds is 4. The summed E-state index contributed by atoms with van der Waals surface area (Å²) in [7, 11) is 0. The number of carbonyl (C=O) groups excluding carboxylic acids is 2. The lowest BCUT2D eigenvalue weighted by atomic mass is 10.1. The number of amides is 2. The normalized spacial score (nSPS) is 20.6. The predicted molar refractivity (Wildman–Crippen MR) is 74.6 cm³/mol. The molecule has 0 bridgehead atoms. The van der Waals surface area contributed by atoms with E-state index < -0.39 is 0 Å². The number of benzene rings is 1. The van der Waals surface area contributed by atoms with Gasteiger partial charge in [0.25, 0.3) is 11.8 Å². The van der Waals surface area contributed by atoms with Gasteiger partial charge in [0, 0.05) is 0 Å². The molecule has 1 aliphatic heterocycles. The van der Waals surface area contributed by atoms with E-state index in [1.165, 1.54) is 17.7 Å². The van der Waals surface area contributed by atoms with Crippen LogP contribution in [-0.2, 0) is 4.74 Å². The van der Waals surface area contributed by atoms with Crippen LogP contribution in [0.5, 0.6) is 0 Å². The number of hydrogen-bond donors (Lipinski definition) is 0. The topological polar surface area (TPSA) is 46.6 Å². The minimum atomic E-state index is -0.201. The molecule has 2 amide bonds. The van der Waals surface area contributed by atoms with Crippen molar-refractivity contribution < 1.29 is 14.3 Å². The molecule has 1 unspecified atom stereocenters. The van der Waals surface area contributed by atoms with Crippen molar-refractivity contribution in [2.75, 3.05) is 6.54 Å². The summed E-state index contributed by atoms with van der Waals surface area (Å²) in [5, 5.41) is 0. The van der Waals surface area contributed by atoms with Gasteiger partial charge in [0.15, 0.2) is 0 Å². The van der Waals surface area contributed by atoms with E-state index in [0.29, 0.717) is 23.8 Å². The molecule has 106 valence electrons. The Hall–Kier alpha value is -1.68. The zero-order valence-electron chi connectivity index (χ0n) is 11.7. The molecular formula is C16H19NO3. The van der Waals surface area contributed by atoms with Gasteiger partial charge in [-0.2, -0.15) is 0 Å². The lowest BCUT2D eigenvalue weighted by Gasteiger charge is -2.22. The zero-order chi connectivity index (χ0) is 14.1. The van der Waals surface area contributed by atoms with Crippen molar-refractivity contribution in [3.8, 4) is 0 Å². The smallest absolute Gasteiger partial charge is 0.261 e. The van der Waals surface area contributed by atoms with Crippen molar-refractivity contribution in [2.24, 2.45) is 0 Å². The molecular weight excluding hydrogens is 254 g/mol. The van der Waals surface area contributed by atoms with Crippen LogP contribution in [0.2, 0.25) is 0 Å². The highest BCUT2D eigenvalue weighted by Gasteiger charge is 2.36. The van der Waals surface area contributed by atoms with E-state index in [0.717, 1.165) is 12.8 Å². The van der Waals surface area contributed by atoms with E-state index in [1.54, 1.807) is 24.3 Å². The fourth-order valence-electron chi connectivity index (χ4n) is 3.06. The Morgan fingerprint density at radius 1 is 1.15 bits per heavy atom. The van der Waals surface area contributed by atoms with Crippen molar-refractivity contribution in [1.82, 2.24) is 4.90 Å². The fraction of sp³-hybridized carbons (Fsp3) is 0.500. The molecule has 1 atom stereocenters. The van der Waals surface area contributed by atoms with Crippen molar-refractivity contribution in [1.29, 1.82) is 0 Å². The highest BCUT2D eigenvalue weighted by Crippen LogP contribution is 2.25. The first-order chi connectivity index (χ1) is 9.66. The van der Waals surface area contributed by atoms with Gasteiger partial charge in [-0.3, -0.25) is 14.5 Å². The Labute approximate surface area is 118 Å². The standard InChI is InChI=1S/C16H19NO3/c1-11(20-12-6-2-3-7-12)10-17-15(18)13-8-4-5-9-14(13)16(17)19/h4-5,8-9,11-12H,2-3,6-7,10H2,1H3. The van der Waals surface area contributed by atoms with E-state index in [1.807, 2.05) is 6.92 Å². The third-order valence-corrected chi connectivity index (χ3v) is 4.04. The molecule has 0 spiro atoms. The molecule has 0 aromatic heterocycles. The second-order valence-corrected chi connectivity index (χ2v) is 5.62. The lowest BCUT2D eigenvalue weighted by molar-refractivity contribution is -0.0107. The monoisotopic (exact) mass is 273 g/mol. The van der Waals surface area contributed by atoms with Crippen molar-refractivity contribution in [3.63, 3.8) is 0 Å². The highest BCUT2D eigenvalue weighted by molar-refractivity contribution is 6.21. The molecule has 1 aromatic carbocycles. The average molecular weight is 273 g/mol. The minimum absolute atomic E-state index is 0.111. The molecule has 4 heteroatoms. The second-order valence-electron chi connectivity index (χ2n) is 5.62. The molecule has 3 rings (SSSR count). The van der Waals surface area contributed by atoms with E-state index in [9.17, 15) is 9.59 Å². The summed E-state index contributed by atoms with van der Waals surface area (Å²) >= 11 is 0. The number of fused-ring (bicyclic) bond motifs is 1. The Morgan fingerprint density at radius 3 is 2.25 bits per heavy atom. The second kappa shape index (κ2) is 5.37. The van der Waals surface area contributed by atoms with Crippen LogP contribution in [0.15, 0.2) is 24.3 Å². The third-order valence-electron chi connectivity index (χ3n) is 4.04. The summed E-state index contributed by atoms with van der Waals surface area (Å²) in [6.45, 7) is 2.27. The Morgan fingerprint density at radius 2 is 1.70 bits per heavy atom. The van der Waals surface area contributed by atoms with Gasteiger partial charge in [0.2, 0.25) is 0 Å². The summed E-state index contributed by atoms with van der Waals surface area (Å²) in [5.74, 6) is -0.403. The summed E-state index contributed by atoms with van der Waals surface area (Å²) in [6, 6.07) is 6.98. The van der Waals surface area contributed by atoms with Crippen LogP contribution >= 0.6 is 0 Å². The largest absolute Gasteiger partial charge is 0.373 e. The molecule has 0 radical (unpaired) electrons. The Kier molecular flexibility index (Phi) is 3.57. The van der Waals surface area contributed by atoms with Crippen LogP contribution in [0.1, 0.15) is 53.3 Å². The first kappa shape index (κ1) is 13.3. The first-order valence-electron chi connectivity index (χ1n) is 7.27. The minimum Gasteiger partial charge on any atom is -0.373 e. The van der Waals surface area contributed by atoms with Crippen molar-refractivity contribution in [3.05, 3.63) is 35.4 Å². The predicted octanol–water partition coefficient (Wildman–Crippen LogP) is 2.63. The summed E-state index contributed by atoms with van der Waals surface area (Å²) < 4.78 is 5.92. The number of carbonyl (C=O) groups is 2. The maximum absolute atomic E-state index is 12.2. The molecule has 1 fully saturated rings. The molecule has 1 aromatic rings. The average Bonchev–Trinajstić information content (AvgIpc) is 3.03. The van der Waals surface area contributed by atoms with Gasteiger partial charge in [-0.05, 0) is 31.9 Å². The summed E-state index contributed by atoms with van der Waals surface area (Å²) in [4.78, 5) is 25.8.